The van der Waals surface area contributed by atoms with Gasteiger partial charge in [0.15, 0.2) is 0 Å². The average Bonchev–Trinajstić information content (AvgIpc) is 1.63. The van der Waals surface area contributed by atoms with Crippen molar-refractivity contribution in [2.45, 2.75) is 6.92 Å². The van der Waals surface area contributed by atoms with Crippen LogP contribution in [0.15, 0.2) is 24.1 Å². The van der Waals surface area contributed by atoms with E-state index in [0.29, 0.717) is 6.08 Å². The number of carbonyl (C=O) groups is 1. The van der Waals surface area contributed by atoms with Gasteiger partial charge in [0.25, 0.3) is 0 Å². The molecule has 0 rings (SSSR count). The fourth-order valence-electron chi connectivity index (χ4n) is 0.256. The maximum atomic E-state index is 11.7. The second kappa shape index (κ2) is 3.95. The third-order valence-corrected chi connectivity index (χ3v) is 0.553. The quantitative estimate of drug-likeness (QED) is 0.318. The van der Waals surface area contributed by atoms with Crippen LogP contribution in [-0.2, 0) is 4.79 Å². The molecule has 0 atom stereocenters. The van der Waals surface area contributed by atoms with Gasteiger partial charge in [-0.1, -0.05) is 6.08 Å². The first-order chi connectivity index (χ1) is 4.13. The highest BCUT2D eigenvalue weighted by Crippen LogP contribution is 1.92. The van der Waals surface area contributed by atoms with E-state index in [0.717, 1.165) is 12.2 Å². The van der Waals surface area contributed by atoms with Gasteiger partial charge in [-0.2, -0.15) is 4.39 Å². The standard InChI is InChI=1S/C6H6F2O/c1-5(7)3-2-4-6(8)9/h2-4H,1H3/b4-2-,5-3+. The van der Waals surface area contributed by atoms with Gasteiger partial charge in [0.2, 0.25) is 0 Å². The van der Waals surface area contributed by atoms with Crippen LogP contribution in [0.2, 0.25) is 0 Å². The normalized spacial score (nSPS) is 12.6. The minimum absolute atomic E-state index is 0.465. The Balaban J connectivity index is 3.74. The molecule has 0 amide bonds. The van der Waals surface area contributed by atoms with E-state index in [2.05, 4.69) is 0 Å². The molecular formula is C6H6F2O. The minimum atomic E-state index is -1.58. The van der Waals surface area contributed by atoms with E-state index in [1.54, 1.807) is 0 Å². The molecule has 0 bridgehead atoms. The molecule has 50 valence electrons. The van der Waals surface area contributed by atoms with E-state index in [-0.39, 0.29) is 0 Å². The highest BCUT2D eigenvalue weighted by molar-refractivity contribution is 5.80. The average molecular weight is 132 g/mol. The number of hydrogen-bond acceptors (Lipinski definition) is 1. The first-order valence-corrected chi connectivity index (χ1v) is 2.33. The first-order valence-electron chi connectivity index (χ1n) is 2.33. The fraction of sp³-hybridized carbons (Fsp3) is 0.167. The van der Waals surface area contributed by atoms with Crippen molar-refractivity contribution in [2.24, 2.45) is 0 Å². The Kier molecular flexibility index (Phi) is 3.51. The lowest BCUT2D eigenvalue weighted by atomic mass is 10.4. The number of allylic oxidation sites excluding steroid dienone is 4. The van der Waals surface area contributed by atoms with Crippen LogP contribution in [0.4, 0.5) is 8.78 Å². The molecule has 0 aliphatic rings. The number of rotatable bonds is 2. The molecule has 0 spiro atoms. The van der Waals surface area contributed by atoms with Gasteiger partial charge >= 0.3 is 6.04 Å². The fourth-order valence-corrected chi connectivity index (χ4v) is 0.256. The van der Waals surface area contributed by atoms with Gasteiger partial charge in [-0.05, 0) is 13.0 Å². The zero-order valence-electron chi connectivity index (χ0n) is 4.90. The molecule has 0 unspecified atom stereocenters. The molecule has 1 nitrogen and oxygen atoms in total. The van der Waals surface area contributed by atoms with Crippen molar-refractivity contribution >= 4 is 6.04 Å². The van der Waals surface area contributed by atoms with E-state index in [4.69, 9.17) is 0 Å². The van der Waals surface area contributed by atoms with Gasteiger partial charge in [-0.15, -0.1) is 0 Å². The predicted octanol–water partition coefficient (Wildman–Crippen LogP) is 1.91. The van der Waals surface area contributed by atoms with Crippen molar-refractivity contribution < 1.29 is 13.6 Å². The zero-order valence-corrected chi connectivity index (χ0v) is 4.90. The zero-order chi connectivity index (χ0) is 7.28. The maximum Gasteiger partial charge on any atom is 0.324 e. The van der Waals surface area contributed by atoms with Crippen LogP contribution in [0.3, 0.4) is 0 Å². The van der Waals surface area contributed by atoms with Crippen LogP contribution >= 0.6 is 0 Å². The smallest absolute Gasteiger partial charge is 0.256 e. The summed E-state index contributed by atoms with van der Waals surface area (Å²) < 4.78 is 23.0. The summed E-state index contributed by atoms with van der Waals surface area (Å²) in [6.45, 7) is 1.20. The molecule has 0 radical (unpaired) electrons. The molecule has 0 saturated carbocycles. The summed E-state index contributed by atoms with van der Waals surface area (Å²) in [5, 5.41) is 0. The van der Waals surface area contributed by atoms with E-state index in [1.807, 2.05) is 0 Å². The summed E-state index contributed by atoms with van der Waals surface area (Å²) in [6.07, 6.45) is 2.65. The summed E-state index contributed by atoms with van der Waals surface area (Å²) in [7, 11) is 0. The number of carbonyl (C=O) groups excluding carboxylic acids is 1. The van der Waals surface area contributed by atoms with Crippen LogP contribution in [0, 0.1) is 0 Å². The lowest BCUT2D eigenvalue weighted by Gasteiger charge is -1.74. The van der Waals surface area contributed by atoms with Crippen molar-refractivity contribution in [1.82, 2.24) is 0 Å². The van der Waals surface area contributed by atoms with Crippen LogP contribution in [0.1, 0.15) is 6.92 Å². The second-order valence-corrected chi connectivity index (χ2v) is 1.42. The second-order valence-electron chi connectivity index (χ2n) is 1.42. The van der Waals surface area contributed by atoms with Gasteiger partial charge in [-0.3, -0.25) is 4.79 Å². The molecule has 3 heteroatoms. The SMILES string of the molecule is C/C(F)=C\C=C/C(=O)F. The summed E-state index contributed by atoms with van der Waals surface area (Å²) in [4.78, 5) is 9.52. The Labute approximate surface area is 51.7 Å². The molecule has 9 heavy (non-hydrogen) atoms. The van der Waals surface area contributed by atoms with Gasteiger partial charge in [0.1, 0.15) is 0 Å². The van der Waals surface area contributed by atoms with Crippen molar-refractivity contribution in [1.29, 1.82) is 0 Å². The van der Waals surface area contributed by atoms with Crippen LogP contribution in [0.25, 0.3) is 0 Å². The predicted molar refractivity (Wildman–Crippen MR) is 30.1 cm³/mol. The van der Waals surface area contributed by atoms with Gasteiger partial charge in [0, 0.05) is 6.08 Å². The van der Waals surface area contributed by atoms with Gasteiger partial charge in [0.05, 0.1) is 5.83 Å². The molecule has 0 aromatic heterocycles. The molecule has 0 N–H and O–H groups in total. The summed E-state index contributed by atoms with van der Waals surface area (Å²) >= 11 is 0. The summed E-state index contributed by atoms with van der Waals surface area (Å²) in [5.74, 6) is -0.465. The Morgan fingerprint density at radius 1 is 1.44 bits per heavy atom. The largest absolute Gasteiger partial charge is 0.324 e. The van der Waals surface area contributed by atoms with Crippen molar-refractivity contribution in [3.05, 3.63) is 24.1 Å². The molecule has 0 fully saturated rings. The van der Waals surface area contributed by atoms with Crippen molar-refractivity contribution in [3.63, 3.8) is 0 Å². The Morgan fingerprint density at radius 3 is 2.33 bits per heavy atom. The monoisotopic (exact) mass is 132 g/mol. The number of halogens is 2. The number of hydrogen-bond donors (Lipinski definition) is 0. The Morgan fingerprint density at radius 2 is 2.00 bits per heavy atom. The van der Waals surface area contributed by atoms with E-state index < -0.39 is 11.9 Å². The van der Waals surface area contributed by atoms with Crippen LogP contribution in [-0.4, -0.2) is 6.04 Å². The Bertz CT molecular complexity index is 154. The third kappa shape index (κ3) is 7.01. The lowest BCUT2D eigenvalue weighted by molar-refractivity contribution is -0.124. The maximum absolute atomic E-state index is 11.7. The van der Waals surface area contributed by atoms with E-state index in [1.165, 1.54) is 6.92 Å². The van der Waals surface area contributed by atoms with Crippen molar-refractivity contribution in [2.75, 3.05) is 0 Å². The lowest BCUT2D eigenvalue weighted by Crippen LogP contribution is -1.74. The molecule has 0 saturated heterocycles. The van der Waals surface area contributed by atoms with E-state index in [9.17, 15) is 13.6 Å². The summed E-state index contributed by atoms with van der Waals surface area (Å²) in [6, 6.07) is -1.58. The van der Waals surface area contributed by atoms with E-state index >= 15 is 0 Å². The van der Waals surface area contributed by atoms with Crippen LogP contribution in [0.5, 0.6) is 0 Å². The topological polar surface area (TPSA) is 17.1 Å². The molecular weight excluding hydrogens is 126 g/mol. The van der Waals surface area contributed by atoms with Gasteiger partial charge < -0.3 is 0 Å². The highest BCUT2D eigenvalue weighted by Gasteiger charge is 1.83. The Hall–Kier alpha value is -0.990. The highest BCUT2D eigenvalue weighted by atomic mass is 19.1. The molecule has 0 aliphatic carbocycles. The summed E-state index contributed by atoms with van der Waals surface area (Å²) in [5.41, 5.74) is 0. The molecule has 0 aromatic carbocycles. The third-order valence-electron chi connectivity index (χ3n) is 0.553. The molecule has 0 aliphatic heterocycles. The van der Waals surface area contributed by atoms with Gasteiger partial charge in [-0.25, -0.2) is 4.39 Å². The first kappa shape index (κ1) is 8.01. The minimum Gasteiger partial charge on any atom is -0.256 e. The molecule has 0 heterocycles. The van der Waals surface area contributed by atoms with Crippen molar-refractivity contribution in [3.8, 4) is 0 Å². The molecule has 0 aromatic rings. The van der Waals surface area contributed by atoms with Crippen LogP contribution < -0.4 is 0 Å².